The minimum absolute atomic E-state index is 0.169. The van der Waals surface area contributed by atoms with Crippen LogP contribution in [0.3, 0.4) is 0 Å². The van der Waals surface area contributed by atoms with Gasteiger partial charge >= 0.3 is 0 Å². The van der Waals surface area contributed by atoms with Gasteiger partial charge in [0.25, 0.3) is 11.8 Å². The van der Waals surface area contributed by atoms with Gasteiger partial charge in [0.05, 0.1) is 0 Å². The lowest BCUT2D eigenvalue weighted by Crippen LogP contribution is -2.46. The molecule has 0 unspecified atom stereocenters. The maximum atomic E-state index is 13.1. The van der Waals surface area contributed by atoms with E-state index in [1.165, 1.54) is 24.3 Å². The largest absolute Gasteiger partial charge is 0.281 e. The summed E-state index contributed by atoms with van der Waals surface area (Å²) in [6, 6.07) is 10.9. The predicted octanol–water partition coefficient (Wildman–Crippen LogP) is 3.65. The van der Waals surface area contributed by atoms with Gasteiger partial charge in [0, 0.05) is 11.1 Å². The van der Waals surface area contributed by atoms with Crippen LogP contribution >= 0.6 is 0 Å². The summed E-state index contributed by atoms with van der Waals surface area (Å²) in [4.78, 5) is 31.4. The lowest BCUT2D eigenvalue weighted by Gasteiger charge is -2.27. The third-order valence-corrected chi connectivity index (χ3v) is 4.41. The van der Waals surface area contributed by atoms with Gasteiger partial charge in [0.15, 0.2) is 0 Å². The van der Waals surface area contributed by atoms with Crippen molar-refractivity contribution in [2.24, 2.45) is 4.99 Å². The zero-order chi connectivity index (χ0) is 18.4. The van der Waals surface area contributed by atoms with E-state index in [1.54, 1.807) is 26.0 Å². The molecular formula is C20H19FN2O2. The quantitative estimate of drug-likeness (QED) is 0.785. The van der Waals surface area contributed by atoms with Crippen LogP contribution in [0.4, 0.5) is 4.39 Å². The van der Waals surface area contributed by atoms with E-state index in [0.29, 0.717) is 11.1 Å². The maximum absolute atomic E-state index is 13.1. The van der Waals surface area contributed by atoms with Gasteiger partial charge in [0.1, 0.15) is 17.2 Å². The van der Waals surface area contributed by atoms with Gasteiger partial charge in [-0.2, -0.15) is 0 Å². The van der Waals surface area contributed by atoms with Crippen LogP contribution in [0.1, 0.15) is 40.9 Å². The van der Waals surface area contributed by atoms with Crippen LogP contribution in [0.5, 0.6) is 0 Å². The monoisotopic (exact) mass is 338 g/mol. The number of carbonyl (C=O) groups excluding carboxylic acids is 2. The topological polar surface area (TPSA) is 49.7 Å². The summed E-state index contributed by atoms with van der Waals surface area (Å²) in [6.07, 6.45) is 0. The summed E-state index contributed by atoms with van der Waals surface area (Å²) in [7, 11) is 0. The summed E-state index contributed by atoms with van der Waals surface area (Å²) in [5.74, 6) is -1.25. The standard InChI is InChI=1S/C20H19FN2O2/c1-12-5-6-15(11-13(12)2)18(24)23-19(25)17(22-20(23,3)4)14-7-9-16(21)10-8-14/h5-11H,1-4H3. The molecule has 0 bridgehead atoms. The van der Waals surface area contributed by atoms with E-state index in [0.717, 1.165) is 16.0 Å². The Morgan fingerprint density at radius 3 is 2.28 bits per heavy atom. The molecule has 4 nitrogen and oxygen atoms in total. The average molecular weight is 338 g/mol. The molecule has 128 valence electrons. The first kappa shape index (κ1) is 17.0. The zero-order valence-corrected chi connectivity index (χ0v) is 14.6. The molecule has 2 aromatic carbocycles. The van der Waals surface area contributed by atoms with Crippen LogP contribution in [0.2, 0.25) is 0 Å². The van der Waals surface area contributed by atoms with Crippen molar-refractivity contribution < 1.29 is 14.0 Å². The number of halogens is 1. The zero-order valence-electron chi connectivity index (χ0n) is 14.6. The Morgan fingerprint density at radius 2 is 1.68 bits per heavy atom. The number of rotatable bonds is 2. The maximum Gasteiger partial charge on any atom is 0.281 e. The van der Waals surface area contributed by atoms with Crippen LogP contribution in [-0.4, -0.2) is 28.1 Å². The van der Waals surface area contributed by atoms with Crippen LogP contribution in [-0.2, 0) is 4.79 Å². The summed E-state index contributed by atoms with van der Waals surface area (Å²) >= 11 is 0. The highest BCUT2D eigenvalue weighted by Gasteiger charge is 2.44. The molecule has 25 heavy (non-hydrogen) atoms. The number of carbonyl (C=O) groups is 2. The molecule has 2 aromatic rings. The Labute approximate surface area is 146 Å². The van der Waals surface area contributed by atoms with Crippen LogP contribution in [0, 0.1) is 19.7 Å². The van der Waals surface area contributed by atoms with E-state index in [-0.39, 0.29) is 11.6 Å². The van der Waals surface area contributed by atoms with Crippen molar-refractivity contribution in [1.82, 2.24) is 4.90 Å². The van der Waals surface area contributed by atoms with Crippen molar-refractivity contribution in [1.29, 1.82) is 0 Å². The average Bonchev–Trinajstić information content (AvgIpc) is 2.79. The van der Waals surface area contributed by atoms with Crippen molar-refractivity contribution in [3.05, 3.63) is 70.5 Å². The number of nitrogens with zero attached hydrogens (tertiary/aromatic N) is 2. The Balaban J connectivity index is 1.98. The van der Waals surface area contributed by atoms with Crippen LogP contribution < -0.4 is 0 Å². The summed E-state index contributed by atoms with van der Waals surface area (Å²) in [5, 5.41) is 0. The number of benzene rings is 2. The molecule has 3 rings (SSSR count). The first-order valence-electron chi connectivity index (χ1n) is 8.02. The molecule has 0 aromatic heterocycles. The molecule has 0 saturated heterocycles. The molecule has 1 aliphatic rings. The second kappa shape index (κ2) is 5.92. The first-order valence-corrected chi connectivity index (χ1v) is 8.02. The number of hydrogen-bond donors (Lipinski definition) is 0. The fraction of sp³-hybridized carbons (Fsp3) is 0.250. The highest BCUT2D eigenvalue weighted by Crippen LogP contribution is 2.28. The molecule has 0 N–H and O–H groups in total. The Kier molecular flexibility index (Phi) is 4.03. The molecule has 0 aliphatic carbocycles. The molecule has 0 saturated carbocycles. The van der Waals surface area contributed by atoms with E-state index < -0.39 is 17.4 Å². The summed E-state index contributed by atoms with van der Waals surface area (Å²) in [5.41, 5.74) is 2.16. The normalized spacial score (nSPS) is 16.1. The van der Waals surface area contributed by atoms with Gasteiger partial charge in [0.2, 0.25) is 0 Å². The van der Waals surface area contributed by atoms with Crippen molar-refractivity contribution in [3.8, 4) is 0 Å². The van der Waals surface area contributed by atoms with E-state index in [1.807, 2.05) is 19.9 Å². The minimum Gasteiger partial charge on any atom is -0.269 e. The fourth-order valence-corrected chi connectivity index (χ4v) is 2.87. The van der Waals surface area contributed by atoms with Crippen molar-refractivity contribution in [3.63, 3.8) is 0 Å². The second-order valence-corrected chi connectivity index (χ2v) is 6.71. The molecule has 5 heteroatoms. The van der Waals surface area contributed by atoms with Gasteiger partial charge in [-0.1, -0.05) is 6.07 Å². The van der Waals surface area contributed by atoms with E-state index in [4.69, 9.17) is 0 Å². The Morgan fingerprint density at radius 1 is 1.04 bits per heavy atom. The second-order valence-electron chi connectivity index (χ2n) is 6.71. The smallest absolute Gasteiger partial charge is 0.269 e. The van der Waals surface area contributed by atoms with Crippen LogP contribution in [0.25, 0.3) is 0 Å². The van der Waals surface area contributed by atoms with Gasteiger partial charge in [-0.05, 0) is 75.2 Å². The van der Waals surface area contributed by atoms with E-state index >= 15 is 0 Å². The predicted molar refractivity (Wildman–Crippen MR) is 94.1 cm³/mol. The first-order chi connectivity index (χ1) is 11.7. The molecule has 0 radical (unpaired) electrons. The van der Waals surface area contributed by atoms with E-state index in [2.05, 4.69) is 4.99 Å². The minimum atomic E-state index is -1.00. The Bertz CT molecular complexity index is 898. The molecule has 0 spiro atoms. The molecule has 2 amide bonds. The number of imide groups is 1. The lowest BCUT2D eigenvalue weighted by molar-refractivity contribution is -0.123. The Hall–Kier alpha value is -2.82. The highest BCUT2D eigenvalue weighted by atomic mass is 19.1. The highest BCUT2D eigenvalue weighted by molar-refractivity contribution is 6.49. The molecule has 1 aliphatic heterocycles. The fourth-order valence-electron chi connectivity index (χ4n) is 2.87. The molecule has 0 atom stereocenters. The molecule has 1 heterocycles. The third-order valence-electron chi connectivity index (χ3n) is 4.41. The van der Waals surface area contributed by atoms with Gasteiger partial charge < -0.3 is 0 Å². The number of aryl methyl sites for hydroxylation is 2. The van der Waals surface area contributed by atoms with E-state index in [9.17, 15) is 14.0 Å². The van der Waals surface area contributed by atoms with Gasteiger partial charge in [-0.3, -0.25) is 14.6 Å². The van der Waals surface area contributed by atoms with Crippen molar-refractivity contribution in [2.75, 3.05) is 0 Å². The summed E-state index contributed by atoms with van der Waals surface area (Å²) < 4.78 is 13.1. The third kappa shape index (κ3) is 2.97. The number of amides is 2. The SMILES string of the molecule is Cc1ccc(C(=O)N2C(=O)C(c3ccc(F)cc3)=NC2(C)C)cc1C. The molecular weight excluding hydrogens is 319 g/mol. The number of hydrogen-bond acceptors (Lipinski definition) is 3. The number of aliphatic imine (C=N–C) groups is 1. The van der Waals surface area contributed by atoms with Crippen molar-refractivity contribution in [2.45, 2.75) is 33.4 Å². The van der Waals surface area contributed by atoms with Crippen LogP contribution in [0.15, 0.2) is 47.5 Å². The van der Waals surface area contributed by atoms with Gasteiger partial charge in [-0.25, -0.2) is 9.29 Å². The molecule has 0 fully saturated rings. The van der Waals surface area contributed by atoms with Gasteiger partial charge in [-0.15, -0.1) is 0 Å². The summed E-state index contributed by atoms with van der Waals surface area (Å²) in [6.45, 7) is 7.30. The van der Waals surface area contributed by atoms with Crippen molar-refractivity contribution >= 4 is 17.5 Å². The lowest BCUT2D eigenvalue weighted by atomic mass is 10.0.